The van der Waals surface area contributed by atoms with Crippen molar-refractivity contribution < 1.29 is 13.2 Å². The van der Waals surface area contributed by atoms with Gasteiger partial charge in [0.15, 0.2) is 0 Å². The monoisotopic (exact) mass is 357 g/mol. The topological polar surface area (TPSA) is 73.2 Å². The largest absolute Gasteiger partial charge is 0.493 e. The number of nitrogens with zero attached hydrogens (tertiary/aromatic N) is 2. The van der Waals surface area contributed by atoms with Gasteiger partial charge in [0.1, 0.15) is 5.75 Å². The van der Waals surface area contributed by atoms with Gasteiger partial charge < -0.3 is 9.30 Å². The van der Waals surface area contributed by atoms with E-state index in [1.54, 1.807) is 6.33 Å². The number of rotatable bonds is 5. The molecule has 2 heterocycles. The van der Waals surface area contributed by atoms with Gasteiger partial charge in [0.05, 0.1) is 35.8 Å². The number of sulfonamides is 1. The van der Waals surface area contributed by atoms with Crippen LogP contribution in [0.1, 0.15) is 18.0 Å². The van der Waals surface area contributed by atoms with Crippen molar-refractivity contribution in [2.45, 2.75) is 19.0 Å². The Morgan fingerprint density at radius 3 is 2.88 bits per heavy atom. The second-order valence-corrected chi connectivity index (χ2v) is 7.96. The van der Waals surface area contributed by atoms with Gasteiger partial charge in [-0.15, -0.1) is 0 Å². The molecule has 0 aliphatic carbocycles. The molecule has 6 nitrogen and oxygen atoms in total. The predicted octanol–water partition coefficient (Wildman–Crippen LogP) is 2.48. The van der Waals surface area contributed by atoms with E-state index in [1.807, 2.05) is 53.1 Å². The molecule has 130 valence electrons. The van der Waals surface area contributed by atoms with Crippen LogP contribution in [0, 0.1) is 0 Å². The predicted molar refractivity (Wildman–Crippen MR) is 96.0 cm³/mol. The zero-order valence-corrected chi connectivity index (χ0v) is 14.4. The highest BCUT2D eigenvalue weighted by Crippen LogP contribution is 2.31. The molecule has 1 N–H and O–H groups in total. The quantitative estimate of drug-likeness (QED) is 0.761. The highest BCUT2D eigenvalue weighted by atomic mass is 32.2. The van der Waals surface area contributed by atoms with Crippen LogP contribution >= 0.6 is 0 Å². The van der Waals surface area contributed by atoms with Crippen LogP contribution in [-0.4, -0.2) is 30.3 Å². The van der Waals surface area contributed by atoms with Gasteiger partial charge in [-0.3, -0.25) is 0 Å². The van der Waals surface area contributed by atoms with Crippen LogP contribution in [-0.2, 0) is 16.6 Å². The third-order valence-electron chi connectivity index (χ3n) is 4.41. The number of imidazole rings is 1. The normalized spacial score (nSPS) is 17.2. The lowest BCUT2D eigenvalue weighted by atomic mass is 10.0. The maximum atomic E-state index is 12.6. The summed E-state index contributed by atoms with van der Waals surface area (Å²) >= 11 is 0. The van der Waals surface area contributed by atoms with Crippen LogP contribution in [0.4, 0.5) is 0 Å². The number of para-hydroxylation sites is 3. The van der Waals surface area contributed by atoms with Crippen molar-refractivity contribution in [2.24, 2.45) is 0 Å². The number of benzene rings is 2. The number of aromatic nitrogens is 2. The standard InChI is InChI=1S/C18H19N3O3S/c22-25(23,12-10-21-13-19-16-6-2-3-7-17(16)21)20-15-9-11-24-18-8-4-1-5-14(15)18/h1-8,13,15,20H,9-12H2/t15-/m0/s1. The van der Waals surface area contributed by atoms with Gasteiger partial charge in [-0.1, -0.05) is 30.3 Å². The van der Waals surface area contributed by atoms with Gasteiger partial charge in [0, 0.05) is 18.5 Å². The van der Waals surface area contributed by atoms with Crippen molar-refractivity contribution in [2.75, 3.05) is 12.4 Å². The zero-order chi connectivity index (χ0) is 17.3. The summed E-state index contributed by atoms with van der Waals surface area (Å²) in [5, 5.41) is 0. The number of aryl methyl sites for hydroxylation is 1. The summed E-state index contributed by atoms with van der Waals surface area (Å²) in [6.45, 7) is 0.872. The van der Waals surface area contributed by atoms with Crippen LogP contribution in [0.15, 0.2) is 54.9 Å². The van der Waals surface area contributed by atoms with Gasteiger partial charge in [0.25, 0.3) is 0 Å². The maximum absolute atomic E-state index is 12.6. The van der Waals surface area contributed by atoms with Crippen LogP contribution in [0.5, 0.6) is 5.75 Å². The maximum Gasteiger partial charge on any atom is 0.213 e. The average molecular weight is 357 g/mol. The van der Waals surface area contributed by atoms with Crippen molar-refractivity contribution in [1.29, 1.82) is 0 Å². The second-order valence-electron chi connectivity index (χ2n) is 6.09. The van der Waals surface area contributed by atoms with E-state index >= 15 is 0 Å². The van der Waals surface area contributed by atoms with Crippen LogP contribution in [0.2, 0.25) is 0 Å². The first kappa shape index (κ1) is 16.1. The molecule has 2 aromatic carbocycles. The number of hydrogen-bond acceptors (Lipinski definition) is 4. The summed E-state index contributed by atoms with van der Waals surface area (Å²) in [4.78, 5) is 4.30. The van der Waals surface area contributed by atoms with E-state index in [2.05, 4.69) is 9.71 Å². The summed E-state index contributed by atoms with van der Waals surface area (Å²) in [5.41, 5.74) is 2.70. The van der Waals surface area contributed by atoms with Gasteiger partial charge in [-0.2, -0.15) is 0 Å². The molecule has 0 saturated heterocycles. The first-order valence-electron chi connectivity index (χ1n) is 8.24. The summed E-state index contributed by atoms with van der Waals surface area (Å²) in [5.74, 6) is 0.759. The fourth-order valence-corrected chi connectivity index (χ4v) is 4.38. The van der Waals surface area contributed by atoms with E-state index in [9.17, 15) is 8.42 Å². The molecular weight excluding hydrogens is 338 g/mol. The van der Waals surface area contributed by atoms with E-state index in [1.165, 1.54) is 0 Å². The van der Waals surface area contributed by atoms with E-state index < -0.39 is 10.0 Å². The van der Waals surface area contributed by atoms with E-state index in [0.717, 1.165) is 22.3 Å². The van der Waals surface area contributed by atoms with E-state index in [4.69, 9.17) is 4.74 Å². The minimum absolute atomic E-state index is 0.00682. The molecule has 3 aromatic rings. The Labute approximate surface area is 146 Å². The minimum atomic E-state index is -3.42. The van der Waals surface area contributed by atoms with Crippen molar-refractivity contribution in [3.8, 4) is 5.75 Å². The molecule has 0 amide bonds. The van der Waals surface area contributed by atoms with Crippen LogP contribution in [0.3, 0.4) is 0 Å². The lowest BCUT2D eigenvalue weighted by molar-refractivity contribution is 0.263. The van der Waals surface area contributed by atoms with Crippen molar-refractivity contribution >= 4 is 21.1 Å². The fraction of sp³-hybridized carbons (Fsp3) is 0.278. The SMILES string of the molecule is O=S(=O)(CCn1cnc2ccccc21)N[C@H]1CCOc2ccccc21. The molecule has 1 atom stereocenters. The minimum Gasteiger partial charge on any atom is -0.493 e. The first-order chi connectivity index (χ1) is 12.1. The molecule has 0 saturated carbocycles. The van der Waals surface area contributed by atoms with E-state index in [-0.39, 0.29) is 11.8 Å². The molecule has 0 fully saturated rings. The van der Waals surface area contributed by atoms with Gasteiger partial charge >= 0.3 is 0 Å². The van der Waals surface area contributed by atoms with Crippen molar-refractivity contribution in [3.63, 3.8) is 0 Å². The molecule has 0 bridgehead atoms. The van der Waals surface area contributed by atoms with Crippen molar-refractivity contribution in [3.05, 3.63) is 60.4 Å². The summed E-state index contributed by atoms with van der Waals surface area (Å²) in [6, 6.07) is 15.0. The summed E-state index contributed by atoms with van der Waals surface area (Å²) in [7, 11) is -3.42. The van der Waals surface area contributed by atoms with Crippen LogP contribution < -0.4 is 9.46 Å². The molecule has 25 heavy (non-hydrogen) atoms. The smallest absolute Gasteiger partial charge is 0.213 e. The second kappa shape index (κ2) is 6.50. The zero-order valence-electron chi connectivity index (χ0n) is 13.6. The Bertz CT molecular complexity index is 997. The fourth-order valence-electron chi connectivity index (χ4n) is 3.15. The molecule has 0 spiro atoms. The third-order valence-corrected chi connectivity index (χ3v) is 5.77. The number of nitrogens with one attached hydrogen (secondary N) is 1. The molecule has 1 aliphatic rings. The number of ether oxygens (including phenoxy) is 1. The average Bonchev–Trinajstić information content (AvgIpc) is 3.03. The summed E-state index contributed by atoms with van der Waals surface area (Å²) < 4.78 is 35.4. The first-order valence-corrected chi connectivity index (χ1v) is 9.89. The Hall–Kier alpha value is -2.38. The molecular formula is C18H19N3O3S. The number of hydrogen-bond donors (Lipinski definition) is 1. The Kier molecular flexibility index (Phi) is 4.19. The molecule has 0 unspecified atom stereocenters. The van der Waals surface area contributed by atoms with Crippen LogP contribution in [0.25, 0.3) is 11.0 Å². The molecule has 7 heteroatoms. The molecule has 1 aromatic heterocycles. The lowest BCUT2D eigenvalue weighted by Crippen LogP contribution is -2.34. The van der Waals surface area contributed by atoms with Crippen molar-refractivity contribution in [1.82, 2.24) is 14.3 Å². The number of fused-ring (bicyclic) bond motifs is 2. The molecule has 4 rings (SSSR count). The van der Waals surface area contributed by atoms with Gasteiger partial charge in [-0.05, 0) is 18.2 Å². The van der Waals surface area contributed by atoms with Gasteiger partial charge in [0.2, 0.25) is 10.0 Å². The highest BCUT2D eigenvalue weighted by molar-refractivity contribution is 7.89. The lowest BCUT2D eigenvalue weighted by Gasteiger charge is -2.26. The Morgan fingerprint density at radius 1 is 1.16 bits per heavy atom. The van der Waals surface area contributed by atoms with E-state index in [0.29, 0.717) is 19.6 Å². The molecule has 1 aliphatic heterocycles. The highest BCUT2D eigenvalue weighted by Gasteiger charge is 2.25. The third kappa shape index (κ3) is 3.38. The van der Waals surface area contributed by atoms with Gasteiger partial charge in [-0.25, -0.2) is 18.1 Å². The Balaban J connectivity index is 1.48. The Morgan fingerprint density at radius 2 is 1.96 bits per heavy atom. The molecule has 0 radical (unpaired) electrons. The summed E-state index contributed by atoms with van der Waals surface area (Å²) in [6.07, 6.45) is 2.31.